The van der Waals surface area contributed by atoms with Crippen LogP contribution in [0.2, 0.25) is 0 Å². The van der Waals surface area contributed by atoms with Crippen molar-refractivity contribution in [1.29, 1.82) is 0 Å². The quantitative estimate of drug-likeness (QED) is 0.458. The van der Waals surface area contributed by atoms with Gasteiger partial charge in [-0.1, -0.05) is 12.0 Å². The van der Waals surface area contributed by atoms with E-state index < -0.39 is 17.1 Å². The number of nitrogens with one attached hydrogen (secondary N) is 1. The van der Waals surface area contributed by atoms with Crippen molar-refractivity contribution in [3.63, 3.8) is 0 Å². The lowest BCUT2D eigenvalue weighted by molar-refractivity contribution is 0.572. The standard InChI is InChI=1S/C24H24FN7O2/c1-3-4-11-31-20-21(28-23(31)30-12-9-26-10-13-30)29(2)24(34)32(22(20)33)15-18-8-6-16-5-7-17(25)14-19(16)27-18/h5-8,14,26H,9-13,15H2,1-2H3. The summed E-state index contributed by atoms with van der Waals surface area (Å²) in [5, 5.41) is 4.08. The summed E-state index contributed by atoms with van der Waals surface area (Å²) >= 11 is 0. The third-order valence-electron chi connectivity index (χ3n) is 6.06. The molecule has 34 heavy (non-hydrogen) atoms. The molecule has 1 aliphatic heterocycles. The Morgan fingerprint density at radius 2 is 1.85 bits per heavy atom. The molecular formula is C24H24FN7O2. The van der Waals surface area contributed by atoms with E-state index in [2.05, 4.69) is 27.0 Å². The highest BCUT2D eigenvalue weighted by Gasteiger charge is 2.24. The average molecular weight is 462 g/mol. The number of aryl methyl sites for hydroxylation is 1. The Morgan fingerprint density at radius 3 is 2.62 bits per heavy atom. The summed E-state index contributed by atoms with van der Waals surface area (Å²) in [6.45, 7) is 5.08. The first-order valence-electron chi connectivity index (χ1n) is 11.1. The van der Waals surface area contributed by atoms with E-state index in [0.29, 0.717) is 28.3 Å². The van der Waals surface area contributed by atoms with Gasteiger partial charge in [0.2, 0.25) is 5.95 Å². The van der Waals surface area contributed by atoms with Gasteiger partial charge in [-0.2, -0.15) is 4.98 Å². The minimum Gasteiger partial charge on any atom is -0.340 e. The van der Waals surface area contributed by atoms with Crippen LogP contribution >= 0.6 is 0 Å². The number of imidazole rings is 1. The van der Waals surface area contributed by atoms with Crippen LogP contribution in [0.1, 0.15) is 12.6 Å². The summed E-state index contributed by atoms with van der Waals surface area (Å²) in [6, 6.07) is 7.89. The van der Waals surface area contributed by atoms with Crippen molar-refractivity contribution in [3.8, 4) is 11.8 Å². The lowest BCUT2D eigenvalue weighted by atomic mass is 10.2. The number of hydrogen-bond donors (Lipinski definition) is 1. The van der Waals surface area contributed by atoms with Gasteiger partial charge in [0, 0.05) is 44.7 Å². The van der Waals surface area contributed by atoms with Crippen molar-refractivity contribution in [3.05, 3.63) is 62.7 Å². The van der Waals surface area contributed by atoms with Gasteiger partial charge in [-0.3, -0.25) is 23.5 Å². The summed E-state index contributed by atoms with van der Waals surface area (Å²) in [4.78, 5) is 38.1. The van der Waals surface area contributed by atoms with E-state index in [0.717, 1.165) is 36.1 Å². The molecule has 9 nitrogen and oxygen atoms in total. The number of hydrogen-bond acceptors (Lipinski definition) is 6. The van der Waals surface area contributed by atoms with Gasteiger partial charge in [0.25, 0.3) is 5.56 Å². The van der Waals surface area contributed by atoms with E-state index in [9.17, 15) is 14.0 Å². The molecule has 1 saturated heterocycles. The van der Waals surface area contributed by atoms with E-state index in [1.54, 1.807) is 36.7 Å². The smallest absolute Gasteiger partial charge is 0.332 e. The van der Waals surface area contributed by atoms with E-state index >= 15 is 0 Å². The van der Waals surface area contributed by atoms with E-state index in [4.69, 9.17) is 4.98 Å². The van der Waals surface area contributed by atoms with Crippen LogP contribution in [-0.2, 0) is 20.1 Å². The summed E-state index contributed by atoms with van der Waals surface area (Å²) < 4.78 is 18.0. The van der Waals surface area contributed by atoms with Crippen LogP contribution in [0.4, 0.5) is 10.3 Å². The first-order valence-corrected chi connectivity index (χ1v) is 11.1. The third-order valence-corrected chi connectivity index (χ3v) is 6.06. The molecule has 5 rings (SSSR count). The highest BCUT2D eigenvalue weighted by atomic mass is 19.1. The van der Waals surface area contributed by atoms with Gasteiger partial charge >= 0.3 is 5.69 Å². The van der Waals surface area contributed by atoms with Gasteiger partial charge in [-0.25, -0.2) is 9.18 Å². The largest absolute Gasteiger partial charge is 0.340 e. The molecule has 4 heterocycles. The maximum absolute atomic E-state index is 13.7. The summed E-state index contributed by atoms with van der Waals surface area (Å²) in [5.74, 6) is 6.13. The number of fused-ring (bicyclic) bond motifs is 2. The first-order chi connectivity index (χ1) is 16.5. The van der Waals surface area contributed by atoms with E-state index in [1.807, 2.05) is 0 Å². The fourth-order valence-electron chi connectivity index (χ4n) is 4.30. The molecule has 1 N–H and O–H groups in total. The molecule has 0 saturated carbocycles. The fraction of sp³-hybridized carbons (Fsp3) is 0.333. The first kappa shape index (κ1) is 21.9. The Balaban J connectivity index is 1.67. The maximum atomic E-state index is 13.7. The highest BCUT2D eigenvalue weighted by Crippen LogP contribution is 2.20. The summed E-state index contributed by atoms with van der Waals surface area (Å²) in [7, 11) is 1.61. The van der Waals surface area contributed by atoms with E-state index in [-0.39, 0.29) is 13.1 Å². The van der Waals surface area contributed by atoms with Crippen LogP contribution in [0.3, 0.4) is 0 Å². The Morgan fingerprint density at radius 1 is 1.09 bits per heavy atom. The molecule has 0 radical (unpaired) electrons. The number of piperazine rings is 1. The van der Waals surface area contributed by atoms with Crippen LogP contribution in [0.5, 0.6) is 0 Å². The van der Waals surface area contributed by atoms with Crippen LogP contribution in [0.25, 0.3) is 22.1 Å². The second kappa shape index (κ2) is 8.76. The lowest BCUT2D eigenvalue weighted by Gasteiger charge is -2.28. The molecule has 0 atom stereocenters. The normalized spacial score (nSPS) is 13.9. The van der Waals surface area contributed by atoms with Crippen molar-refractivity contribution in [2.45, 2.75) is 20.0 Å². The molecule has 0 amide bonds. The van der Waals surface area contributed by atoms with Gasteiger partial charge in [0.15, 0.2) is 11.2 Å². The summed E-state index contributed by atoms with van der Waals surface area (Å²) in [5.41, 5.74) is 0.658. The molecule has 4 aromatic rings. The predicted molar refractivity (Wildman–Crippen MR) is 129 cm³/mol. The Kier molecular flexibility index (Phi) is 5.63. The number of halogens is 1. The molecule has 174 valence electrons. The van der Waals surface area contributed by atoms with Gasteiger partial charge in [-0.15, -0.1) is 5.92 Å². The lowest BCUT2D eigenvalue weighted by Crippen LogP contribution is -2.44. The van der Waals surface area contributed by atoms with Crippen LogP contribution < -0.4 is 21.5 Å². The number of nitrogens with zero attached hydrogens (tertiary/aromatic N) is 6. The molecule has 0 bridgehead atoms. The molecule has 0 unspecified atom stereocenters. The summed E-state index contributed by atoms with van der Waals surface area (Å²) in [6.07, 6.45) is 0. The Bertz CT molecular complexity index is 1580. The van der Waals surface area contributed by atoms with Crippen molar-refractivity contribution in [1.82, 2.24) is 29.0 Å². The highest BCUT2D eigenvalue weighted by molar-refractivity contribution is 5.78. The average Bonchev–Trinajstić information content (AvgIpc) is 3.24. The second-order valence-electron chi connectivity index (χ2n) is 8.21. The zero-order valence-electron chi connectivity index (χ0n) is 19.0. The van der Waals surface area contributed by atoms with Gasteiger partial charge < -0.3 is 10.2 Å². The zero-order valence-corrected chi connectivity index (χ0v) is 19.0. The van der Waals surface area contributed by atoms with Crippen molar-refractivity contribution in [2.75, 3.05) is 31.1 Å². The molecular weight excluding hydrogens is 437 g/mol. The Hall–Kier alpha value is -3.97. The topological polar surface area (TPSA) is 90.0 Å². The minimum absolute atomic E-state index is 0.0402. The molecule has 1 aromatic carbocycles. The van der Waals surface area contributed by atoms with Gasteiger partial charge in [0.05, 0.1) is 24.3 Å². The van der Waals surface area contributed by atoms with Gasteiger partial charge in [-0.05, 0) is 25.1 Å². The zero-order chi connectivity index (χ0) is 23.8. The van der Waals surface area contributed by atoms with Crippen molar-refractivity contribution < 1.29 is 4.39 Å². The predicted octanol–water partition coefficient (Wildman–Crippen LogP) is 1.07. The maximum Gasteiger partial charge on any atom is 0.332 e. The number of aromatic nitrogens is 5. The van der Waals surface area contributed by atoms with Crippen LogP contribution in [0.15, 0.2) is 39.9 Å². The molecule has 0 spiro atoms. The number of anilines is 1. The fourth-order valence-corrected chi connectivity index (χ4v) is 4.30. The molecule has 10 heteroatoms. The second-order valence-corrected chi connectivity index (χ2v) is 8.21. The molecule has 1 fully saturated rings. The van der Waals surface area contributed by atoms with Crippen LogP contribution in [0, 0.1) is 17.7 Å². The van der Waals surface area contributed by atoms with Crippen molar-refractivity contribution >= 4 is 28.0 Å². The number of pyridine rings is 1. The number of benzene rings is 1. The SMILES string of the molecule is CC#CCn1c(N2CCNCC2)nc2c1c(=O)n(Cc1ccc3ccc(F)cc3n1)c(=O)n2C. The van der Waals surface area contributed by atoms with Crippen LogP contribution in [-0.4, -0.2) is 49.8 Å². The van der Waals surface area contributed by atoms with E-state index in [1.165, 1.54) is 16.7 Å². The van der Waals surface area contributed by atoms with Gasteiger partial charge in [0.1, 0.15) is 5.82 Å². The minimum atomic E-state index is -0.489. The van der Waals surface area contributed by atoms with Crippen molar-refractivity contribution in [2.24, 2.45) is 7.05 Å². The number of rotatable bonds is 4. The Labute approximate surface area is 194 Å². The molecule has 0 aliphatic carbocycles. The third kappa shape index (κ3) is 3.74. The monoisotopic (exact) mass is 461 g/mol. The molecule has 3 aromatic heterocycles. The molecule has 1 aliphatic rings.